The van der Waals surface area contributed by atoms with Crippen LogP contribution in [0.15, 0.2) is 82.5 Å². The molecular weight excluding hydrogens is 471 g/mol. The Kier molecular flexibility index (Phi) is 6.31. The van der Waals surface area contributed by atoms with Crippen LogP contribution in [0.4, 0.5) is 15.8 Å². The van der Waals surface area contributed by atoms with Gasteiger partial charge in [-0.05, 0) is 55.8 Å². The topological polar surface area (TPSA) is 102 Å². The maximum absolute atomic E-state index is 14.0. The number of benzene rings is 3. The molecule has 0 spiro atoms. The number of hydrogen-bond acceptors (Lipinski definition) is 4. The van der Waals surface area contributed by atoms with E-state index < -0.39 is 27.3 Å². The first-order chi connectivity index (χ1) is 16.6. The van der Waals surface area contributed by atoms with Crippen LogP contribution in [0.1, 0.15) is 21.6 Å². The fourth-order valence-electron chi connectivity index (χ4n) is 3.65. The SMILES string of the molecule is Cc1ccc(S(=O)(=O)Nc2ccccc2F)cc1C(=O)Nc1c(C)n(C)n(-c2ccccc2)c1=O. The highest BCUT2D eigenvalue weighted by atomic mass is 32.2. The van der Waals surface area contributed by atoms with Gasteiger partial charge in [0.05, 0.1) is 22.0 Å². The number of carbonyl (C=O) groups is 1. The van der Waals surface area contributed by atoms with E-state index in [0.29, 0.717) is 16.9 Å². The third-order valence-electron chi connectivity index (χ3n) is 5.67. The fourth-order valence-corrected chi connectivity index (χ4v) is 4.75. The standard InChI is InChI=1S/C25H23FN4O4S/c1-16-13-14-19(35(33,34)28-22-12-8-7-11-21(22)26)15-20(16)24(31)27-23-17(2)29(3)30(25(23)32)18-9-5-4-6-10-18/h4-15,28H,1-3H3,(H,27,31). The highest BCUT2D eigenvalue weighted by Gasteiger charge is 2.22. The van der Waals surface area contributed by atoms with Crippen molar-refractivity contribution in [2.45, 2.75) is 18.7 Å². The van der Waals surface area contributed by atoms with Crippen molar-refractivity contribution < 1.29 is 17.6 Å². The molecule has 0 saturated heterocycles. The molecule has 3 aromatic carbocycles. The highest BCUT2D eigenvalue weighted by molar-refractivity contribution is 7.92. The van der Waals surface area contributed by atoms with E-state index in [1.54, 1.807) is 49.8 Å². The van der Waals surface area contributed by atoms with Crippen molar-refractivity contribution in [2.75, 3.05) is 10.0 Å². The van der Waals surface area contributed by atoms with Gasteiger partial charge >= 0.3 is 0 Å². The first-order valence-electron chi connectivity index (χ1n) is 10.6. The molecule has 0 radical (unpaired) electrons. The van der Waals surface area contributed by atoms with Crippen LogP contribution in [0.5, 0.6) is 0 Å². The molecule has 4 rings (SSSR count). The molecule has 2 N–H and O–H groups in total. The first kappa shape index (κ1) is 24.0. The molecule has 1 amide bonds. The van der Waals surface area contributed by atoms with Crippen LogP contribution in [-0.2, 0) is 17.1 Å². The molecule has 0 atom stereocenters. The molecule has 0 aliphatic rings. The van der Waals surface area contributed by atoms with E-state index in [-0.39, 0.29) is 21.8 Å². The normalized spacial score (nSPS) is 11.3. The second kappa shape index (κ2) is 9.22. The third-order valence-corrected chi connectivity index (χ3v) is 7.04. The second-order valence-electron chi connectivity index (χ2n) is 7.95. The molecule has 35 heavy (non-hydrogen) atoms. The lowest BCUT2D eigenvalue weighted by atomic mass is 10.1. The zero-order chi connectivity index (χ0) is 25.3. The number of nitrogens with one attached hydrogen (secondary N) is 2. The van der Waals surface area contributed by atoms with Crippen molar-refractivity contribution in [1.82, 2.24) is 9.36 Å². The molecule has 0 aliphatic carbocycles. The second-order valence-corrected chi connectivity index (χ2v) is 9.64. The van der Waals surface area contributed by atoms with E-state index in [1.807, 2.05) is 6.07 Å². The summed E-state index contributed by atoms with van der Waals surface area (Å²) in [6, 6.07) is 18.3. The summed E-state index contributed by atoms with van der Waals surface area (Å²) in [5, 5.41) is 2.64. The van der Waals surface area contributed by atoms with Gasteiger partial charge in [0.25, 0.3) is 21.5 Å². The molecular formula is C25H23FN4O4S. The molecule has 1 heterocycles. The molecule has 10 heteroatoms. The summed E-state index contributed by atoms with van der Waals surface area (Å²) in [4.78, 5) is 26.0. The van der Waals surface area contributed by atoms with E-state index in [4.69, 9.17) is 0 Å². The molecule has 180 valence electrons. The van der Waals surface area contributed by atoms with Gasteiger partial charge in [-0.3, -0.25) is 19.0 Å². The molecule has 1 aromatic heterocycles. The maximum Gasteiger partial charge on any atom is 0.295 e. The van der Waals surface area contributed by atoms with Crippen LogP contribution in [0, 0.1) is 19.7 Å². The molecule has 8 nitrogen and oxygen atoms in total. The van der Waals surface area contributed by atoms with E-state index in [9.17, 15) is 22.4 Å². The Morgan fingerprint density at radius 2 is 1.60 bits per heavy atom. The lowest BCUT2D eigenvalue weighted by molar-refractivity contribution is 0.102. The van der Waals surface area contributed by atoms with Gasteiger partial charge in [-0.15, -0.1) is 0 Å². The van der Waals surface area contributed by atoms with Gasteiger partial charge in [-0.1, -0.05) is 36.4 Å². The van der Waals surface area contributed by atoms with Gasteiger partial charge < -0.3 is 5.32 Å². The largest absolute Gasteiger partial charge is 0.316 e. The number of para-hydroxylation sites is 2. The number of halogens is 1. The van der Waals surface area contributed by atoms with Crippen molar-refractivity contribution >= 4 is 27.3 Å². The summed E-state index contributed by atoms with van der Waals surface area (Å²) in [5.74, 6) is -1.37. The zero-order valence-corrected chi connectivity index (χ0v) is 20.1. The number of anilines is 2. The number of hydrogen-bond donors (Lipinski definition) is 2. The average Bonchev–Trinajstić information content (AvgIpc) is 3.04. The third kappa shape index (κ3) is 4.60. The van der Waals surface area contributed by atoms with E-state index in [1.165, 1.54) is 41.1 Å². The zero-order valence-electron chi connectivity index (χ0n) is 19.2. The summed E-state index contributed by atoms with van der Waals surface area (Å²) < 4.78 is 44.9. The minimum atomic E-state index is -4.18. The van der Waals surface area contributed by atoms with Gasteiger partial charge in [0.15, 0.2) is 0 Å². The predicted molar refractivity (Wildman–Crippen MR) is 132 cm³/mol. The van der Waals surface area contributed by atoms with Crippen LogP contribution in [-0.4, -0.2) is 23.7 Å². The average molecular weight is 495 g/mol. The van der Waals surface area contributed by atoms with Crippen molar-refractivity contribution in [3.63, 3.8) is 0 Å². The predicted octanol–water partition coefficient (Wildman–Crippen LogP) is 3.99. The minimum absolute atomic E-state index is 0.0651. The van der Waals surface area contributed by atoms with Gasteiger partial charge in [-0.25, -0.2) is 17.5 Å². The van der Waals surface area contributed by atoms with Crippen LogP contribution in [0.25, 0.3) is 5.69 Å². The number of rotatable bonds is 6. The van der Waals surface area contributed by atoms with Gasteiger partial charge in [0, 0.05) is 12.6 Å². The summed E-state index contributed by atoms with van der Waals surface area (Å²) in [6.07, 6.45) is 0. The summed E-state index contributed by atoms with van der Waals surface area (Å²) in [7, 11) is -2.48. The summed E-state index contributed by atoms with van der Waals surface area (Å²) in [5.41, 5.74) is 1.17. The van der Waals surface area contributed by atoms with Crippen LogP contribution in [0.3, 0.4) is 0 Å². The Balaban J connectivity index is 1.67. The van der Waals surface area contributed by atoms with Crippen LogP contribution < -0.4 is 15.6 Å². The lowest BCUT2D eigenvalue weighted by Gasteiger charge is -2.12. The number of amides is 1. The fraction of sp³-hybridized carbons (Fsp3) is 0.120. The van der Waals surface area contributed by atoms with Gasteiger partial charge in [0.2, 0.25) is 0 Å². The van der Waals surface area contributed by atoms with Crippen molar-refractivity contribution in [3.8, 4) is 5.69 Å². The molecule has 0 fully saturated rings. The highest BCUT2D eigenvalue weighted by Crippen LogP contribution is 2.22. The maximum atomic E-state index is 14.0. The number of nitrogens with zero attached hydrogens (tertiary/aromatic N) is 2. The Bertz CT molecular complexity index is 1590. The first-order valence-corrected chi connectivity index (χ1v) is 12.1. The molecule has 4 aromatic rings. The van der Waals surface area contributed by atoms with Gasteiger partial charge in [-0.2, -0.15) is 0 Å². The number of sulfonamides is 1. The van der Waals surface area contributed by atoms with Crippen LogP contribution >= 0.6 is 0 Å². The van der Waals surface area contributed by atoms with Crippen molar-refractivity contribution in [3.05, 3.63) is 106 Å². The Morgan fingerprint density at radius 3 is 2.29 bits per heavy atom. The summed E-state index contributed by atoms with van der Waals surface area (Å²) >= 11 is 0. The number of carbonyl (C=O) groups excluding carboxylic acids is 1. The molecule has 0 aliphatic heterocycles. The Hall–Kier alpha value is -4.18. The molecule has 0 unspecified atom stereocenters. The number of aromatic nitrogens is 2. The van der Waals surface area contributed by atoms with E-state index in [0.717, 1.165) is 6.07 Å². The number of aryl methyl sites for hydroxylation is 1. The monoisotopic (exact) mass is 494 g/mol. The van der Waals surface area contributed by atoms with E-state index in [2.05, 4.69) is 10.0 Å². The quantitative estimate of drug-likeness (QED) is 0.423. The molecule has 0 bridgehead atoms. The smallest absolute Gasteiger partial charge is 0.295 e. The summed E-state index contributed by atoms with van der Waals surface area (Å²) in [6.45, 7) is 3.35. The van der Waals surface area contributed by atoms with Crippen LogP contribution in [0.2, 0.25) is 0 Å². The van der Waals surface area contributed by atoms with Gasteiger partial charge in [0.1, 0.15) is 11.5 Å². The lowest BCUT2D eigenvalue weighted by Crippen LogP contribution is -2.23. The Labute approximate surface area is 201 Å². The van der Waals surface area contributed by atoms with Crippen molar-refractivity contribution in [1.29, 1.82) is 0 Å². The molecule has 0 saturated carbocycles. The Morgan fingerprint density at radius 1 is 0.943 bits per heavy atom. The van der Waals surface area contributed by atoms with E-state index >= 15 is 0 Å². The minimum Gasteiger partial charge on any atom is -0.316 e. The van der Waals surface area contributed by atoms with Crippen molar-refractivity contribution in [2.24, 2.45) is 7.05 Å².